The van der Waals surface area contributed by atoms with E-state index < -0.39 is 7.32 Å². The Morgan fingerprint density at radius 3 is 1.00 bits per heavy atom. The van der Waals surface area contributed by atoms with Crippen LogP contribution in [0.4, 0.5) is 0 Å². The molecule has 0 fully saturated rings. The van der Waals surface area contributed by atoms with Gasteiger partial charge in [-0.2, -0.15) is 0 Å². The van der Waals surface area contributed by atoms with Crippen molar-refractivity contribution in [1.82, 2.24) is 0 Å². The molecule has 0 heterocycles. The minimum atomic E-state index is -2.17. The molecule has 0 aliphatic heterocycles. The zero-order chi connectivity index (χ0) is 3.58. The van der Waals surface area contributed by atoms with Crippen LogP contribution in [0.3, 0.4) is 0 Å². The third-order valence-electron chi connectivity index (χ3n) is 0. The van der Waals surface area contributed by atoms with E-state index >= 15 is 0 Å². The molecule has 0 saturated heterocycles. The van der Waals surface area contributed by atoms with Crippen LogP contribution < -0.4 is 0 Å². The largest absolute Gasteiger partial charge is 0 e. The molecule has 0 spiro atoms. The van der Waals surface area contributed by atoms with Crippen LogP contribution in [0, 0.1) is 38.6 Å². The average Bonchev–Trinajstić information content (AvgIpc) is 0.811. The van der Waals surface area contributed by atoms with Gasteiger partial charge in [0.25, 0.3) is 0 Å². The van der Waals surface area contributed by atoms with Crippen LogP contribution in [0.15, 0.2) is 0 Å². The second-order valence-electron chi connectivity index (χ2n) is 0.346. The van der Waals surface area contributed by atoms with E-state index in [1.165, 1.54) is 0 Å². The molecule has 0 aromatic rings. The van der Waals surface area contributed by atoms with Crippen LogP contribution in [-0.2, 0) is 27.3 Å². The van der Waals surface area contributed by atoms with Crippen LogP contribution in [0.2, 0.25) is 0 Å². The van der Waals surface area contributed by atoms with E-state index in [0.29, 0.717) is 0 Å². The van der Waals surface area contributed by atoms with Crippen LogP contribution in [0.5, 0.6) is 0 Å². The molecular weight excluding hydrogens is 337 g/mol. The molecule has 3 nitrogen and oxygen atoms in total. The number of rotatable bonds is 0. The maximum absolute atomic E-state index is 7.17. The van der Waals surface area contributed by atoms with Crippen LogP contribution >= 0.6 is 0 Å². The van der Waals surface area contributed by atoms with Crippen molar-refractivity contribution in [2.75, 3.05) is 0 Å². The summed E-state index contributed by atoms with van der Waals surface area (Å²) in [5, 5.41) is 21.5. The fourth-order valence-electron chi connectivity index (χ4n) is 0. The van der Waals surface area contributed by atoms with Crippen molar-refractivity contribution in [2.24, 2.45) is 0 Å². The molecule has 1 radical (unpaired) electrons. The molecule has 7 heavy (non-hydrogen) atoms. The number of hydrogen-bond donors (Lipinski definition) is 3. The summed E-state index contributed by atoms with van der Waals surface area (Å²) in [4.78, 5) is 0. The van der Waals surface area contributed by atoms with Gasteiger partial charge in [0.2, 0.25) is 0 Å². The van der Waals surface area contributed by atoms with Crippen molar-refractivity contribution >= 4 is 26.2 Å². The van der Waals surface area contributed by atoms with E-state index in [2.05, 4.69) is 0 Å². The average molecular weight is 341 g/mol. The van der Waals surface area contributed by atoms with E-state index in [0.717, 1.165) is 0 Å². The van der Waals surface area contributed by atoms with Gasteiger partial charge in [0.15, 0.2) is 0 Å². The molecule has 7 heteroatoms. The maximum atomic E-state index is 7.17. The van der Waals surface area contributed by atoms with Crippen LogP contribution in [0.25, 0.3) is 0 Å². The normalized spacial score (nSPS) is 3.86. The van der Waals surface area contributed by atoms with Gasteiger partial charge in [-0.25, -0.2) is 0 Å². The zero-order valence-electron chi connectivity index (χ0n) is 2.96. The Balaban J connectivity index is -0.0000000150. The van der Waals surface area contributed by atoms with Gasteiger partial charge < -0.3 is 15.1 Å². The van der Waals surface area contributed by atoms with E-state index in [1.54, 1.807) is 0 Å². The molecule has 0 unspecified atom stereocenters. The van der Waals surface area contributed by atoms with Gasteiger partial charge in [-0.3, -0.25) is 0 Å². The molecule has 0 aliphatic rings. The number of hydrogen-bond acceptors (Lipinski definition) is 3. The van der Waals surface area contributed by atoms with Crippen LogP contribution in [-0.4, -0.2) is 41.3 Å². The summed E-state index contributed by atoms with van der Waals surface area (Å²) in [6.45, 7) is 0. The standard InChI is InChI=1S/BH3O3.Cd.Li.Tb.H/c2-1(3)4;;;;/h2-4H;;;;. The first-order valence-electron chi connectivity index (χ1n) is 0.775. The van der Waals surface area contributed by atoms with Gasteiger partial charge in [0.05, 0.1) is 0 Å². The molecule has 0 aromatic carbocycles. The minimum absolute atomic E-state index is 0. The molecule has 3 N–H and O–H groups in total. The SMILES string of the molecule is OB(O)O.[Cd].[LiH].[Tb]. The summed E-state index contributed by atoms with van der Waals surface area (Å²) in [7, 11) is -2.17. The maximum Gasteiger partial charge on any atom is 0 e. The molecule has 0 aliphatic carbocycles. The monoisotopic (exact) mass is 343 g/mol. The first kappa shape index (κ1) is 22.6. The summed E-state index contributed by atoms with van der Waals surface area (Å²) in [6, 6.07) is 0. The molecule has 0 amide bonds. The van der Waals surface area contributed by atoms with Crippen molar-refractivity contribution in [3.8, 4) is 0 Å². The predicted molar refractivity (Wildman–Crippen MR) is 19.6 cm³/mol. The first-order chi connectivity index (χ1) is 1.73. The zero-order valence-corrected chi connectivity index (χ0v) is 9.13. The van der Waals surface area contributed by atoms with Gasteiger partial charge >= 0.3 is 26.2 Å². The van der Waals surface area contributed by atoms with Gasteiger partial charge in [-0.15, -0.1) is 0 Å². The molecular formula is H4BCdLiO3Tb. The topological polar surface area (TPSA) is 60.7 Å². The summed E-state index contributed by atoms with van der Waals surface area (Å²) >= 11 is 0. The van der Waals surface area contributed by atoms with E-state index in [1.807, 2.05) is 0 Å². The summed E-state index contributed by atoms with van der Waals surface area (Å²) in [5.74, 6) is 0. The predicted octanol–water partition coefficient (Wildman–Crippen LogP) is -2.70. The quantitative estimate of drug-likeness (QED) is 0.420. The summed E-state index contributed by atoms with van der Waals surface area (Å²) in [6.07, 6.45) is 0. The molecule has 37 valence electrons. The molecule has 0 aromatic heterocycles. The second-order valence-corrected chi connectivity index (χ2v) is 0.346. The Labute approximate surface area is 105 Å². The summed E-state index contributed by atoms with van der Waals surface area (Å²) in [5.41, 5.74) is 0. The van der Waals surface area contributed by atoms with E-state index in [9.17, 15) is 0 Å². The van der Waals surface area contributed by atoms with Gasteiger partial charge in [0.1, 0.15) is 0 Å². The van der Waals surface area contributed by atoms with Crippen molar-refractivity contribution in [3.63, 3.8) is 0 Å². The Morgan fingerprint density at radius 1 is 1.00 bits per heavy atom. The molecule has 0 atom stereocenters. The fourth-order valence-corrected chi connectivity index (χ4v) is 0. The van der Waals surface area contributed by atoms with Crippen molar-refractivity contribution < 1.29 is 81.0 Å². The third-order valence-corrected chi connectivity index (χ3v) is 0. The molecule has 0 rings (SSSR count). The minimum Gasteiger partial charge on any atom is 0 e. The van der Waals surface area contributed by atoms with Crippen molar-refractivity contribution in [3.05, 3.63) is 0 Å². The Kier molecular flexibility index (Phi) is 51.3. The van der Waals surface area contributed by atoms with Gasteiger partial charge in [-0.05, 0) is 0 Å². The smallest absolute Gasteiger partial charge is 0 e. The summed E-state index contributed by atoms with van der Waals surface area (Å²) < 4.78 is 0. The Morgan fingerprint density at radius 2 is 1.00 bits per heavy atom. The Hall–Kier alpha value is 2.75. The second kappa shape index (κ2) is 15.9. The first-order valence-corrected chi connectivity index (χ1v) is 0.775. The van der Waals surface area contributed by atoms with Crippen LogP contribution in [0.1, 0.15) is 0 Å². The van der Waals surface area contributed by atoms with Gasteiger partial charge in [0, 0.05) is 65.9 Å². The third kappa shape index (κ3) is 52.7. The van der Waals surface area contributed by atoms with Crippen molar-refractivity contribution in [1.29, 1.82) is 0 Å². The fraction of sp³-hybridized carbons (Fsp3) is 0. The van der Waals surface area contributed by atoms with Gasteiger partial charge in [-0.1, -0.05) is 0 Å². The Bertz CT molecular complexity index is 19.7. The molecule has 0 saturated carbocycles. The van der Waals surface area contributed by atoms with E-state index in [4.69, 9.17) is 15.1 Å². The van der Waals surface area contributed by atoms with Crippen molar-refractivity contribution in [2.45, 2.75) is 0 Å². The molecule has 0 bridgehead atoms. The van der Waals surface area contributed by atoms with E-state index in [-0.39, 0.29) is 84.8 Å².